The molecule has 1 aliphatic rings. The maximum absolute atomic E-state index is 13.5. The largest absolute Gasteiger partial charge is 0.493 e. The molecule has 1 aromatic heterocycles. The first-order valence-electron chi connectivity index (χ1n) is 11.3. The molecule has 0 fully saturated rings. The summed E-state index contributed by atoms with van der Waals surface area (Å²) in [5.41, 5.74) is 5.65. The molecule has 7 nitrogen and oxygen atoms in total. The van der Waals surface area contributed by atoms with Crippen LogP contribution in [0.2, 0.25) is 0 Å². The van der Waals surface area contributed by atoms with Gasteiger partial charge >= 0.3 is 0 Å². The van der Waals surface area contributed by atoms with Crippen LogP contribution in [-0.2, 0) is 11.2 Å². The molecule has 0 spiro atoms. The molecule has 0 unspecified atom stereocenters. The van der Waals surface area contributed by atoms with Gasteiger partial charge in [-0.2, -0.15) is 0 Å². The number of nitrogens with one attached hydrogen (secondary N) is 2. The summed E-state index contributed by atoms with van der Waals surface area (Å²) in [6, 6.07) is 9.76. The average Bonchev–Trinajstić information content (AvgIpc) is 2.82. The van der Waals surface area contributed by atoms with E-state index >= 15 is 0 Å². The van der Waals surface area contributed by atoms with Gasteiger partial charge in [0, 0.05) is 25.8 Å². The Hall–Kier alpha value is -3.10. The van der Waals surface area contributed by atoms with Crippen molar-refractivity contribution >= 4 is 28.2 Å². The van der Waals surface area contributed by atoms with Crippen molar-refractivity contribution < 1.29 is 14.2 Å². The molecule has 2 aromatic carbocycles. The number of aryl methyl sites for hydroxylation is 2. The van der Waals surface area contributed by atoms with Crippen LogP contribution in [0.3, 0.4) is 0 Å². The van der Waals surface area contributed by atoms with Crippen molar-refractivity contribution in [3.05, 3.63) is 68.5 Å². The summed E-state index contributed by atoms with van der Waals surface area (Å²) in [5.74, 6) is 1.29. The van der Waals surface area contributed by atoms with Crippen LogP contribution in [0.1, 0.15) is 33.9 Å². The number of hydrogen-bond acceptors (Lipinski definition) is 5. The summed E-state index contributed by atoms with van der Waals surface area (Å²) in [6.07, 6.45) is 0.766. The van der Waals surface area contributed by atoms with E-state index in [9.17, 15) is 4.79 Å². The Kier molecular flexibility index (Phi) is 7.09. The molecule has 1 atom stereocenters. The van der Waals surface area contributed by atoms with E-state index in [1.807, 2.05) is 25.1 Å². The van der Waals surface area contributed by atoms with Crippen LogP contribution in [0.4, 0.5) is 0 Å². The van der Waals surface area contributed by atoms with Crippen LogP contribution >= 0.6 is 12.2 Å². The minimum Gasteiger partial charge on any atom is -0.493 e. The number of hydrogen-bond donors (Lipinski definition) is 2. The van der Waals surface area contributed by atoms with Crippen LogP contribution in [-0.4, -0.2) is 56.0 Å². The molecule has 2 heterocycles. The molecule has 8 heteroatoms. The number of methoxy groups -OCH3 is 3. The van der Waals surface area contributed by atoms with E-state index in [0.717, 1.165) is 39.6 Å². The third-order valence-corrected chi connectivity index (χ3v) is 6.71. The third kappa shape index (κ3) is 4.48. The Balaban J connectivity index is 1.90. The van der Waals surface area contributed by atoms with E-state index in [0.29, 0.717) is 41.9 Å². The van der Waals surface area contributed by atoms with E-state index in [2.05, 4.69) is 34.3 Å². The number of nitrogens with zero attached hydrogens (tertiary/aromatic N) is 1. The van der Waals surface area contributed by atoms with Crippen LogP contribution in [0.5, 0.6) is 11.5 Å². The molecule has 2 N–H and O–H groups in total. The van der Waals surface area contributed by atoms with Gasteiger partial charge in [0.1, 0.15) is 0 Å². The Morgan fingerprint density at radius 1 is 1.09 bits per heavy atom. The lowest BCUT2D eigenvalue weighted by Gasteiger charge is -2.39. The van der Waals surface area contributed by atoms with E-state index in [4.69, 9.17) is 26.4 Å². The first-order chi connectivity index (χ1) is 16.4. The lowest BCUT2D eigenvalue weighted by molar-refractivity contribution is 0.202. The second-order valence-electron chi connectivity index (χ2n) is 8.58. The number of rotatable bonds is 6. The Morgan fingerprint density at radius 3 is 2.53 bits per heavy atom. The van der Waals surface area contributed by atoms with Crippen molar-refractivity contribution in [3.63, 3.8) is 0 Å². The lowest BCUT2D eigenvalue weighted by atomic mass is 9.87. The summed E-state index contributed by atoms with van der Waals surface area (Å²) in [7, 11) is 4.90. The van der Waals surface area contributed by atoms with Crippen molar-refractivity contribution in [1.29, 1.82) is 0 Å². The highest BCUT2D eigenvalue weighted by atomic mass is 32.1. The van der Waals surface area contributed by atoms with E-state index in [-0.39, 0.29) is 11.6 Å². The van der Waals surface area contributed by atoms with Crippen LogP contribution in [0.25, 0.3) is 10.9 Å². The zero-order chi connectivity index (χ0) is 24.4. The minimum absolute atomic E-state index is 0.128. The zero-order valence-electron chi connectivity index (χ0n) is 20.3. The standard InChI is InChI=1S/C26H31N3O4S/c1-15-10-16(2)23-18(11-15)12-20(25(30)28-23)24-19-14-22(33-5)21(32-4)13-17(19)6-8-29(24)26(34)27-7-9-31-3/h10-14,24H,6-9H2,1-5H3,(H,27,34)(H,28,30)/t24-/m1/s1. The summed E-state index contributed by atoms with van der Waals surface area (Å²) in [5, 5.41) is 4.86. The molecule has 0 amide bonds. The van der Waals surface area contributed by atoms with Crippen LogP contribution < -0.4 is 20.3 Å². The van der Waals surface area contributed by atoms with Gasteiger partial charge in [0.05, 0.1) is 32.4 Å². The van der Waals surface area contributed by atoms with Crippen molar-refractivity contribution in [1.82, 2.24) is 15.2 Å². The highest BCUT2D eigenvalue weighted by Gasteiger charge is 2.33. The molecular weight excluding hydrogens is 450 g/mol. The zero-order valence-corrected chi connectivity index (χ0v) is 21.1. The summed E-state index contributed by atoms with van der Waals surface area (Å²) >= 11 is 5.78. The molecule has 0 bridgehead atoms. The van der Waals surface area contributed by atoms with Crippen molar-refractivity contribution in [3.8, 4) is 11.5 Å². The second-order valence-corrected chi connectivity index (χ2v) is 8.96. The molecule has 180 valence electrons. The molecule has 0 radical (unpaired) electrons. The molecule has 0 saturated carbocycles. The molecule has 3 aromatic rings. The van der Waals surface area contributed by atoms with Gasteiger partial charge in [0.25, 0.3) is 5.56 Å². The SMILES string of the molecule is COCCNC(=S)N1CCc2cc(OC)c(OC)cc2[C@@H]1c1cc2cc(C)cc(C)c2[nH]c1=O. The topological polar surface area (TPSA) is 75.8 Å². The molecule has 4 rings (SSSR count). The average molecular weight is 482 g/mol. The van der Waals surface area contributed by atoms with Crippen LogP contribution in [0.15, 0.2) is 35.1 Å². The van der Waals surface area contributed by atoms with Gasteiger partial charge in [0.15, 0.2) is 16.6 Å². The van der Waals surface area contributed by atoms with Gasteiger partial charge in [-0.05, 0) is 78.8 Å². The fourth-order valence-corrected chi connectivity index (χ4v) is 5.07. The fraction of sp³-hybridized carbons (Fsp3) is 0.385. The second kappa shape index (κ2) is 10.0. The fourth-order valence-electron chi connectivity index (χ4n) is 4.77. The maximum Gasteiger partial charge on any atom is 0.254 e. The van der Waals surface area contributed by atoms with Crippen LogP contribution in [0, 0.1) is 13.8 Å². The lowest BCUT2D eigenvalue weighted by Crippen LogP contribution is -2.47. The Labute approximate surface area is 205 Å². The summed E-state index contributed by atoms with van der Waals surface area (Å²) in [4.78, 5) is 18.7. The molecule has 0 saturated heterocycles. The molecule has 34 heavy (non-hydrogen) atoms. The summed E-state index contributed by atoms with van der Waals surface area (Å²) < 4.78 is 16.3. The normalized spacial score (nSPS) is 15.2. The van der Waals surface area contributed by atoms with Crippen molar-refractivity contribution in [2.75, 3.05) is 41.0 Å². The van der Waals surface area contributed by atoms with Crippen molar-refractivity contribution in [2.24, 2.45) is 0 Å². The number of fused-ring (bicyclic) bond motifs is 2. The number of aromatic amines is 1. The monoisotopic (exact) mass is 481 g/mol. The highest BCUT2D eigenvalue weighted by Crippen LogP contribution is 2.40. The number of thiocarbonyl (C=S) groups is 1. The predicted octanol–water partition coefficient (Wildman–Crippen LogP) is 3.63. The molecule has 1 aliphatic heterocycles. The van der Waals surface area contributed by atoms with E-state index in [1.54, 1.807) is 21.3 Å². The predicted molar refractivity (Wildman–Crippen MR) is 138 cm³/mol. The number of H-pyrrole nitrogens is 1. The number of pyridine rings is 1. The van der Waals surface area contributed by atoms with E-state index in [1.165, 1.54) is 0 Å². The van der Waals surface area contributed by atoms with Crippen molar-refractivity contribution in [2.45, 2.75) is 26.3 Å². The number of ether oxygens (including phenoxy) is 3. The van der Waals surface area contributed by atoms with E-state index < -0.39 is 0 Å². The van der Waals surface area contributed by atoms with Gasteiger partial charge in [-0.3, -0.25) is 4.79 Å². The molecular formula is C26H31N3O4S. The van der Waals surface area contributed by atoms with Gasteiger partial charge in [-0.25, -0.2) is 0 Å². The first-order valence-corrected chi connectivity index (χ1v) is 11.7. The first kappa shape index (κ1) is 24.0. The Morgan fingerprint density at radius 2 is 1.82 bits per heavy atom. The van der Waals surface area contributed by atoms with Gasteiger partial charge in [-0.1, -0.05) is 11.6 Å². The Bertz CT molecular complexity index is 1290. The minimum atomic E-state index is -0.375. The number of benzene rings is 2. The summed E-state index contributed by atoms with van der Waals surface area (Å²) in [6.45, 7) is 5.86. The highest BCUT2D eigenvalue weighted by molar-refractivity contribution is 7.80. The quantitative estimate of drug-likeness (QED) is 0.411. The third-order valence-electron chi connectivity index (χ3n) is 6.33. The smallest absolute Gasteiger partial charge is 0.254 e. The molecule has 0 aliphatic carbocycles. The maximum atomic E-state index is 13.5. The van der Waals surface area contributed by atoms with Gasteiger partial charge in [0.2, 0.25) is 0 Å². The number of aromatic nitrogens is 1. The van der Waals surface area contributed by atoms with Gasteiger partial charge < -0.3 is 29.4 Å². The van der Waals surface area contributed by atoms with Gasteiger partial charge in [-0.15, -0.1) is 0 Å².